The number of phenols is 1. The highest BCUT2D eigenvalue weighted by Crippen LogP contribution is 2.38. The number of aryl methyl sites for hydroxylation is 2. The van der Waals surface area contributed by atoms with Crippen molar-refractivity contribution >= 4 is 26.7 Å². The van der Waals surface area contributed by atoms with Crippen molar-refractivity contribution in [2.24, 2.45) is 5.92 Å². The Morgan fingerprint density at radius 3 is 2.52 bits per heavy atom. The van der Waals surface area contributed by atoms with Crippen LogP contribution >= 0.6 is 11.3 Å². The molecule has 2 aromatic rings. The lowest BCUT2D eigenvalue weighted by Crippen LogP contribution is -2.16. The molecule has 0 radical (unpaired) electrons. The summed E-state index contributed by atoms with van der Waals surface area (Å²) in [5.74, 6) is 1.21. The average molecular weight is 304 g/mol. The molecule has 0 aliphatic heterocycles. The van der Waals surface area contributed by atoms with Crippen molar-refractivity contribution < 1.29 is 5.11 Å². The zero-order chi connectivity index (χ0) is 15.0. The maximum Gasteiger partial charge on any atom is 0.183 e. The summed E-state index contributed by atoms with van der Waals surface area (Å²) in [6.07, 6.45) is 6.83. The fraction of sp³-hybridized carbons (Fsp3) is 0.588. The van der Waals surface area contributed by atoms with Crippen molar-refractivity contribution in [2.45, 2.75) is 52.9 Å². The normalized spacial score (nSPS) is 16.5. The van der Waals surface area contributed by atoms with Gasteiger partial charge in [0.1, 0.15) is 5.75 Å². The van der Waals surface area contributed by atoms with Crippen molar-refractivity contribution in [3.8, 4) is 5.75 Å². The molecule has 0 unspecified atom stereocenters. The Morgan fingerprint density at radius 1 is 1.10 bits per heavy atom. The molecule has 4 heteroatoms. The van der Waals surface area contributed by atoms with Gasteiger partial charge in [0, 0.05) is 12.1 Å². The third-order valence-electron chi connectivity index (χ3n) is 4.86. The molecule has 0 bridgehead atoms. The third-order valence-corrected chi connectivity index (χ3v) is 6.00. The van der Waals surface area contributed by atoms with Gasteiger partial charge in [0.25, 0.3) is 0 Å². The number of fused-ring (bicyclic) bond motifs is 1. The number of nitrogens with one attached hydrogen (secondary N) is 1. The summed E-state index contributed by atoms with van der Waals surface area (Å²) >= 11 is 1.67. The predicted octanol–water partition coefficient (Wildman–Crippen LogP) is 4.92. The number of aromatic hydroxyl groups is 1. The van der Waals surface area contributed by atoms with Crippen LogP contribution in [0.5, 0.6) is 5.75 Å². The summed E-state index contributed by atoms with van der Waals surface area (Å²) in [5, 5.41) is 14.7. The van der Waals surface area contributed by atoms with E-state index >= 15 is 0 Å². The van der Waals surface area contributed by atoms with E-state index in [1.807, 2.05) is 20.8 Å². The van der Waals surface area contributed by atoms with Crippen molar-refractivity contribution in [3.05, 3.63) is 16.7 Å². The van der Waals surface area contributed by atoms with Crippen molar-refractivity contribution in [1.29, 1.82) is 0 Å². The predicted molar refractivity (Wildman–Crippen MR) is 90.6 cm³/mol. The molecule has 0 spiro atoms. The number of nitrogens with zero attached hydrogens (tertiary/aromatic N) is 1. The highest BCUT2D eigenvalue weighted by atomic mass is 32.1. The van der Waals surface area contributed by atoms with Gasteiger partial charge in [-0.25, -0.2) is 4.98 Å². The number of hydrogen-bond acceptors (Lipinski definition) is 4. The van der Waals surface area contributed by atoms with Crippen molar-refractivity contribution in [3.63, 3.8) is 0 Å². The molecule has 0 saturated heterocycles. The largest absolute Gasteiger partial charge is 0.507 e. The fourth-order valence-electron chi connectivity index (χ4n) is 3.27. The van der Waals surface area contributed by atoms with E-state index in [9.17, 15) is 5.11 Å². The van der Waals surface area contributed by atoms with Crippen LogP contribution in [0, 0.1) is 26.7 Å². The van der Waals surface area contributed by atoms with Gasteiger partial charge in [0.15, 0.2) is 5.13 Å². The van der Waals surface area contributed by atoms with Crippen LogP contribution in [0.3, 0.4) is 0 Å². The first kappa shape index (κ1) is 14.6. The number of benzene rings is 1. The van der Waals surface area contributed by atoms with E-state index in [0.717, 1.165) is 44.5 Å². The Labute approximate surface area is 130 Å². The average Bonchev–Trinajstić information content (AvgIpc) is 2.94. The van der Waals surface area contributed by atoms with E-state index in [2.05, 4.69) is 5.32 Å². The van der Waals surface area contributed by atoms with E-state index in [0.29, 0.717) is 5.75 Å². The van der Waals surface area contributed by atoms with Gasteiger partial charge in [-0.2, -0.15) is 0 Å². The monoisotopic (exact) mass is 304 g/mol. The summed E-state index contributed by atoms with van der Waals surface area (Å²) in [4.78, 5) is 4.76. The SMILES string of the molecule is Cc1c(O)c(C)c2sc(NCC3CCCCC3)nc2c1C. The molecule has 3 nitrogen and oxygen atoms in total. The maximum atomic E-state index is 10.2. The first-order valence-corrected chi connectivity index (χ1v) is 8.72. The molecule has 1 aromatic carbocycles. The van der Waals surface area contributed by atoms with Gasteiger partial charge in [-0.1, -0.05) is 30.6 Å². The molecular weight excluding hydrogens is 280 g/mol. The molecule has 1 aromatic heterocycles. The molecule has 2 N–H and O–H groups in total. The third kappa shape index (κ3) is 2.73. The van der Waals surface area contributed by atoms with Crippen LogP contribution < -0.4 is 5.32 Å². The van der Waals surface area contributed by atoms with Crippen LogP contribution in [0.25, 0.3) is 10.2 Å². The minimum absolute atomic E-state index is 0.419. The van der Waals surface area contributed by atoms with Gasteiger partial charge in [0.2, 0.25) is 0 Å². The second-order valence-corrected chi connectivity index (χ2v) is 7.30. The molecule has 1 saturated carbocycles. The van der Waals surface area contributed by atoms with Crippen LogP contribution in [0.4, 0.5) is 5.13 Å². The second-order valence-electron chi connectivity index (χ2n) is 6.31. The van der Waals surface area contributed by atoms with Gasteiger partial charge in [-0.3, -0.25) is 0 Å². The highest BCUT2D eigenvalue weighted by Gasteiger charge is 2.17. The summed E-state index contributed by atoms with van der Waals surface area (Å²) < 4.78 is 1.11. The van der Waals surface area contributed by atoms with Crippen LogP contribution in [0.1, 0.15) is 48.8 Å². The Morgan fingerprint density at radius 2 is 1.81 bits per heavy atom. The molecule has 1 fully saturated rings. The van der Waals surface area contributed by atoms with E-state index in [1.165, 1.54) is 32.1 Å². The maximum absolute atomic E-state index is 10.2. The molecule has 1 aliphatic carbocycles. The van der Waals surface area contributed by atoms with E-state index < -0.39 is 0 Å². The summed E-state index contributed by atoms with van der Waals surface area (Å²) in [6, 6.07) is 0. The lowest BCUT2D eigenvalue weighted by molar-refractivity contribution is 0.373. The lowest BCUT2D eigenvalue weighted by atomic mass is 9.89. The first-order chi connectivity index (χ1) is 10.1. The first-order valence-electron chi connectivity index (χ1n) is 7.91. The van der Waals surface area contributed by atoms with Crippen molar-refractivity contribution in [2.75, 3.05) is 11.9 Å². The Hall–Kier alpha value is -1.29. The van der Waals surface area contributed by atoms with Gasteiger partial charge in [0.05, 0.1) is 10.2 Å². The molecule has 0 atom stereocenters. The number of phenolic OH excluding ortho intramolecular Hbond substituents is 1. The minimum atomic E-state index is 0.419. The van der Waals surface area contributed by atoms with Gasteiger partial charge in [-0.05, 0) is 50.7 Å². The number of aromatic nitrogens is 1. The molecule has 3 rings (SSSR count). The van der Waals surface area contributed by atoms with Crippen molar-refractivity contribution in [1.82, 2.24) is 4.98 Å². The zero-order valence-electron chi connectivity index (χ0n) is 13.1. The molecule has 1 aliphatic rings. The highest BCUT2D eigenvalue weighted by molar-refractivity contribution is 7.22. The van der Waals surface area contributed by atoms with Crippen LogP contribution in [-0.4, -0.2) is 16.6 Å². The van der Waals surface area contributed by atoms with E-state index in [4.69, 9.17) is 4.98 Å². The Bertz CT molecular complexity index is 612. The van der Waals surface area contributed by atoms with Gasteiger partial charge in [-0.15, -0.1) is 0 Å². The molecule has 0 amide bonds. The Kier molecular flexibility index (Phi) is 4.07. The summed E-state index contributed by atoms with van der Waals surface area (Å²) in [6.45, 7) is 7.02. The second kappa shape index (κ2) is 5.84. The number of thiazole rings is 1. The number of rotatable bonds is 3. The van der Waals surface area contributed by atoms with Gasteiger partial charge >= 0.3 is 0 Å². The quantitative estimate of drug-likeness (QED) is 0.846. The number of anilines is 1. The smallest absolute Gasteiger partial charge is 0.183 e. The molecular formula is C17H24N2OS. The van der Waals surface area contributed by atoms with Crippen LogP contribution in [-0.2, 0) is 0 Å². The number of hydrogen-bond donors (Lipinski definition) is 2. The molecule has 114 valence electrons. The van der Waals surface area contributed by atoms with E-state index in [1.54, 1.807) is 11.3 Å². The molecule has 21 heavy (non-hydrogen) atoms. The standard InChI is InChI=1S/C17H24N2OS/c1-10-11(2)15(20)12(3)16-14(10)19-17(21-16)18-9-13-7-5-4-6-8-13/h13,20H,4-9H2,1-3H3,(H,18,19). The Balaban J connectivity index is 1.84. The van der Waals surface area contributed by atoms with Crippen LogP contribution in [0.15, 0.2) is 0 Å². The minimum Gasteiger partial charge on any atom is -0.507 e. The summed E-state index contributed by atoms with van der Waals surface area (Å²) in [7, 11) is 0. The van der Waals surface area contributed by atoms with Gasteiger partial charge < -0.3 is 10.4 Å². The zero-order valence-corrected chi connectivity index (χ0v) is 13.9. The fourth-order valence-corrected chi connectivity index (χ4v) is 4.30. The summed E-state index contributed by atoms with van der Waals surface area (Å²) in [5.41, 5.74) is 4.04. The van der Waals surface area contributed by atoms with E-state index in [-0.39, 0.29) is 0 Å². The van der Waals surface area contributed by atoms with Crippen LogP contribution in [0.2, 0.25) is 0 Å². The topological polar surface area (TPSA) is 45.1 Å². The lowest BCUT2D eigenvalue weighted by Gasteiger charge is -2.21. The molecule has 1 heterocycles.